The van der Waals surface area contributed by atoms with E-state index in [0.29, 0.717) is 10.8 Å². The zero-order valence-corrected chi connectivity index (χ0v) is 5.26. The third-order valence-corrected chi connectivity index (χ3v) is 0.981. The highest BCUT2D eigenvalue weighted by Gasteiger charge is 1.87. The molecule has 0 amide bonds. The van der Waals surface area contributed by atoms with Crippen LogP contribution in [-0.2, 0) is 0 Å². The molecule has 9 heavy (non-hydrogen) atoms. The van der Waals surface area contributed by atoms with Gasteiger partial charge in [-0.3, -0.25) is 0 Å². The molecule has 0 N–H and O–H groups in total. The average Bonchev–Trinajstić information content (AvgIpc) is 1.90. The van der Waals surface area contributed by atoms with E-state index in [1.54, 1.807) is 12.1 Å². The summed E-state index contributed by atoms with van der Waals surface area (Å²) in [5.74, 6) is 2.32. The van der Waals surface area contributed by atoms with E-state index < -0.39 is 0 Å². The van der Waals surface area contributed by atoms with Crippen molar-refractivity contribution in [1.82, 2.24) is 10.2 Å². The number of hydrogen-bond acceptors (Lipinski definition) is 2. The van der Waals surface area contributed by atoms with Gasteiger partial charge >= 0.3 is 0 Å². The molecule has 0 fully saturated rings. The van der Waals surface area contributed by atoms with Crippen molar-refractivity contribution in [1.29, 1.82) is 0 Å². The van der Waals surface area contributed by atoms with Crippen LogP contribution in [-0.4, -0.2) is 10.2 Å². The smallest absolute Gasteiger partial charge is 0.140 e. The van der Waals surface area contributed by atoms with E-state index in [0.717, 1.165) is 0 Å². The second-order valence-electron chi connectivity index (χ2n) is 1.39. The predicted octanol–water partition coefficient (Wildman–Crippen LogP) is 1.11. The second kappa shape index (κ2) is 2.47. The van der Waals surface area contributed by atoms with Gasteiger partial charge in [-0.05, 0) is 18.1 Å². The number of aromatic nitrogens is 2. The third kappa shape index (κ3) is 1.41. The van der Waals surface area contributed by atoms with Crippen molar-refractivity contribution in [3.05, 3.63) is 23.0 Å². The summed E-state index contributed by atoms with van der Waals surface area (Å²) in [6, 6.07) is 3.24. The van der Waals surface area contributed by atoms with Crippen molar-refractivity contribution in [2.24, 2.45) is 0 Å². The number of nitrogens with zero attached hydrogens (tertiary/aromatic N) is 2. The normalized spacial score (nSPS) is 8.44. The van der Waals surface area contributed by atoms with Crippen LogP contribution in [0.2, 0.25) is 5.15 Å². The van der Waals surface area contributed by atoms with Crippen LogP contribution < -0.4 is 0 Å². The lowest BCUT2D eigenvalue weighted by Crippen LogP contribution is -1.84. The van der Waals surface area contributed by atoms with Crippen LogP contribution in [0.5, 0.6) is 0 Å². The molecular formula is C6H3ClN2. The largest absolute Gasteiger partial charge is 0.151 e. The summed E-state index contributed by atoms with van der Waals surface area (Å²) in [5, 5.41) is 7.46. The van der Waals surface area contributed by atoms with Gasteiger partial charge in [-0.1, -0.05) is 11.6 Å². The minimum Gasteiger partial charge on any atom is -0.140 e. The minimum atomic E-state index is 0.356. The van der Waals surface area contributed by atoms with Crippen molar-refractivity contribution >= 4 is 11.6 Å². The minimum absolute atomic E-state index is 0.356. The van der Waals surface area contributed by atoms with Crippen LogP contribution in [0.25, 0.3) is 0 Å². The Kier molecular flexibility index (Phi) is 1.66. The van der Waals surface area contributed by atoms with Crippen molar-refractivity contribution in [3.63, 3.8) is 0 Å². The molecule has 44 valence electrons. The Morgan fingerprint density at radius 1 is 1.44 bits per heavy atom. The lowest BCUT2D eigenvalue weighted by Gasteiger charge is -1.85. The maximum atomic E-state index is 5.43. The fourth-order valence-electron chi connectivity index (χ4n) is 0.393. The van der Waals surface area contributed by atoms with Crippen LogP contribution >= 0.6 is 11.6 Å². The summed E-state index contributed by atoms with van der Waals surface area (Å²) in [6.07, 6.45) is 5.00. The second-order valence-corrected chi connectivity index (χ2v) is 1.77. The van der Waals surface area contributed by atoms with Crippen LogP contribution in [0.15, 0.2) is 12.1 Å². The van der Waals surface area contributed by atoms with Gasteiger partial charge in [0.2, 0.25) is 0 Å². The molecule has 2 nitrogen and oxygen atoms in total. The number of rotatable bonds is 0. The number of halogens is 1. The molecule has 0 radical (unpaired) electrons. The highest BCUT2D eigenvalue weighted by molar-refractivity contribution is 6.29. The molecule has 0 aliphatic rings. The van der Waals surface area contributed by atoms with E-state index in [4.69, 9.17) is 18.0 Å². The Hall–Kier alpha value is -1.07. The molecule has 0 bridgehead atoms. The molecule has 3 heteroatoms. The molecule has 1 aromatic rings. The lowest BCUT2D eigenvalue weighted by molar-refractivity contribution is 1.01. The topological polar surface area (TPSA) is 25.8 Å². The van der Waals surface area contributed by atoms with Crippen LogP contribution in [0.4, 0.5) is 0 Å². The van der Waals surface area contributed by atoms with Crippen LogP contribution in [0.1, 0.15) is 5.69 Å². The van der Waals surface area contributed by atoms with Crippen molar-refractivity contribution in [3.8, 4) is 12.3 Å². The van der Waals surface area contributed by atoms with Crippen LogP contribution in [0, 0.1) is 12.3 Å². The Morgan fingerprint density at radius 3 is 2.67 bits per heavy atom. The fourth-order valence-corrected chi connectivity index (χ4v) is 0.494. The molecule has 0 saturated heterocycles. The van der Waals surface area contributed by atoms with Gasteiger partial charge < -0.3 is 0 Å². The molecule has 0 aromatic carbocycles. The van der Waals surface area contributed by atoms with E-state index in [-0.39, 0.29) is 0 Å². The van der Waals surface area contributed by atoms with Crippen molar-refractivity contribution in [2.45, 2.75) is 0 Å². The average molecular weight is 139 g/mol. The van der Waals surface area contributed by atoms with Crippen molar-refractivity contribution in [2.75, 3.05) is 0 Å². The molecule has 0 saturated carbocycles. The summed E-state index contributed by atoms with van der Waals surface area (Å²) in [5.41, 5.74) is 0.499. The first kappa shape index (κ1) is 6.06. The molecule has 0 aliphatic carbocycles. The molecule has 1 heterocycles. The van der Waals surface area contributed by atoms with Gasteiger partial charge in [0.25, 0.3) is 0 Å². The number of terminal acetylenes is 1. The standard InChI is InChI=1S/C6H3ClN2/c1-2-5-3-4-6(7)9-8-5/h1,3-4H. The summed E-state index contributed by atoms with van der Waals surface area (Å²) >= 11 is 5.43. The Labute approximate surface area is 57.9 Å². The Balaban J connectivity index is 3.06. The zero-order valence-electron chi connectivity index (χ0n) is 4.50. The predicted molar refractivity (Wildman–Crippen MR) is 35.0 cm³/mol. The molecule has 1 aromatic heterocycles. The van der Waals surface area contributed by atoms with Gasteiger partial charge in [-0.25, -0.2) is 0 Å². The first-order valence-corrected chi connectivity index (χ1v) is 2.66. The zero-order chi connectivity index (χ0) is 6.69. The Bertz CT molecular complexity index is 234. The van der Waals surface area contributed by atoms with Gasteiger partial charge in [-0.2, -0.15) is 0 Å². The number of hydrogen-bond donors (Lipinski definition) is 0. The highest BCUT2D eigenvalue weighted by Crippen LogP contribution is 1.99. The Morgan fingerprint density at radius 2 is 2.22 bits per heavy atom. The monoisotopic (exact) mass is 138 g/mol. The molecule has 1 rings (SSSR count). The molecule has 0 atom stereocenters. The SMILES string of the molecule is C#Cc1ccc(Cl)nn1. The van der Waals surface area contributed by atoms with E-state index in [2.05, 4.69) is 16.1 Å². The summed E-state index contributed by atoms with van der Waals surface area (Å²) in [6.45, 7) is 0. The van der Waals surface area contributed by atoms with Crippen LogP contribution in [0.3, 0.4) is 0 Å². The molecule has 0 unspecified atom stereocenters. The third-order valence-electron chi connectivity index (χ3n) is 0.780. The van der Waals surface area contributed by atoms with Gasteiger partial charge in [0.15, 0.2) is 5.15 Å². The molecule has 0 spiro atoms. The molecule has 0 aliphatic heterocycles. The summed E-state index contributed by atoms with van der Waals surface area (Å²) in [4.78, 5) is 0. The first-order valence-electron chi connectivity index (χ1n) is 2.29. The van der Waals surface area contributed by atoms with Gasteiger partial charge in [-0.15, -0.1) is 16.6 Å². The summed E-state index contributed by atoms with van der Waals surface area (Å²) in [7, 11) is 0. The lowest BCUT2D eigenvalue weighted by atomic mass is 10.4. The quantitative estimate of drug-likeness (QED) is 0.502. The maximum Gasteiger partial charge on any atom is 0.151 e. The van der Waals surface area contributed by atoms with Gasteiger partial charge in [0.05, 0.1) is 0 Å². The van der Waals surface area contributed by atoms with E-state index in [1.807, 2.05) is 0 Å². The fraction of sp³-hybridized carbons (Fsp3) is 0. The van der Waals surface area contributed by atoms with E-state index in [9.17, 15) is 0 Å². The first-order chi connectivity index (χ1) is 4.33. The summed E-state index contributed by atoms with van der Waals surface area (Å²) < 4.78 is 0. The van der Waals surface area contributed by atoms with Crippen molar-refractivity contribution < 1.29 is 0 Å². The van der Waals surface area contributed by atoms with Gasteiger partial charge in [0.1, 0.15) is 5.69 Å². The van der Waals surface area contributed by atoms with Gasteiger partial charge in [0, 0.05) is 0 Å². The van der Waals surface area contributed by atoms with E-state index in [1.165, 1.54) is 0 Å². The highest BCUT2D eigenvalue weighted by atomic mass is 35.5. The molecular weight excluding hydrogens is 136 g/mol. The van der Waals surface area contributed by atoms with E-state index >= 15 is 0 Å². The maximum absolute atomic E-state index is 5.43.